The maximum Gasteiger partial charge on any atom is 0.265 e. The molecule has 0 saturated heterocycles. The van der Waals surface area contributed by atoms with Gasteiger partial charge in [0.2, 0.25) is 0 Å². The van der Waals surface area contributed by atoms with Crippen LogP contribution >= 0.6 is 11.6 Å². The molecule has 8 heteroatoms. The number of anilines is 1. The van der Waals surface area contributed by atoms with Crippen molar-refractivity contribution in [2.24, 2.45) is 0 Å². The smallest absolute Gasteiger partial charge is 0.265 e. The minimum atomic E-state index is -3.90. The first kappa shape index (κ1) is 18.3. The summed E-state index contributed by atoms with van der Waals surface area (Å²) in [6, 6.07) is 9.71. The molecular weight excluding hydrogens is 376 g/mol. The average Bonchev–Trinajstić information content (AvgIpc) is 3.03. The average molecular weight is 393 g/mol. The summed E-state index contributed by atoms with van der Waals surface area (Å²) in [5.41, 5.74) is 1.74. The lowest BCUT2D eigenvalue weighted by atomic mass is 10.2. The van der Waals surface area contributed by atoms with Gasteiger partial charge in [-0.2, -0.15) is 0 Å². The van der Waals surface area contributed by atoms with Crippen molar-refractivity contribution in [1.29, 1.82) is 0 Å². The van der Waals surface area contributed by atoms with Gasteiger partial charge in [-0.05, 0) is 48.9 Å². The van der Waals surface area contributed by atoms with Gasteiger partial charge in [-0.3, -0.25) is 4.72 Å². The fourth-order valence-corrected chi connectivity index (χ4v) is 4.03. The molecule has 1 N–H and O–H groups in total. The standard InChI is InChI=1S/C18H17ClN2O4S/c1-11-8-14(19)5-6-15(11)21-26(22,23)18-9-13(4-7-16(18)24-3)17-10-20-12(2)25-17/h4-10,21H,1-3H3. The van der Waals surface area contributed by atoms with Crippen molar-refractivity contribution in [2.75, 3.05) is 11.8 Å². The first-order valence-electron chi connectivity index (χ1n) is 7.70. The second kappa shape index (κ2) is 7.01. The Morgan fingerprint density at radius 3 is 2.54 bits per heavy atom. The van der Waals surface area contributed by atoms with Crippen LogP contribution in [-0.4, -0.2) is 20.5 Å². The number of halogens is 1. The van der Waals surface area contributed by atoms with E-state index in [0.717, 1.165) is 0 Å². The van der Waals surface area contributed by atoms with Crippen LogP contribution in [0, 0.1) is 13.8 Å². The maximum atomic E-state index is 12.9. The summed E-state index contributed by atoms with van der Waals surface area (Å²) < 4.78 is 39.2. The maximum absolute atomic E-state index is 12.9. The minimum Gasteiger partial charge on any atom is -0.495 e. The van der Waals surface area contributed by atoms with Gasteiger partial charge in [-0.1, -0.05) is 11.6 Å². The highest BCUT2D eigenvalue weighted by Crippen LogP contribution is 2.32. The molecule has 0 aliphatic carbocycles. The molecule has 1 aromatic heterocycles. The Labute approximate surface area is 156 Å². The zero-order valence-electron chi connectivity index (χ0n) is 14.4. The Balaban J connectivity index is 2.05. The summed E-state index contributed by atoms with van der Waals surface area (Å²) in [5, 5.41) is 0.533. The number of rotatable bonds is 5. The molecule has 0 unspecified atom stereocenters. The van der Waals surface area contributed by atoms with Crippen molar-refractivity contribution >= 4 is 27.3 Å². The number of aromatic nitrogens is 1. The van der Waals surface area contributed by atoms with E-state index in [9.17, 15) is 8.42 Å². The SMILES string of the molecule is COc1ccc(-c2cnc(C)o2)cc1S(=O)(=O)Nc1ccc(Cl)cc1C. The number of ether oxygens (including phenoxy) is 1. The van der Waals surface area contributed by atoms with Crippen molar-refractivity contribution in [1.82, 2.24) is 4.98 Å². The lowest BCUT2D eigenvalue weighted by molar-refractivity contribution is 0.403. The number of aryl methyl sites for hydroxylation is 2. The third-order valence-corrected chi connectivity index (χ3v) is 5.41. The monoisotopic (exact) mass is 392 g/mol. The van der Waals surface area contributed by atoms with Gasteiger partial charge < -0.3 is 9.15 Å². The van der Waals surface area contributed by atoms with Crippen LogP contribution in [0.2, 0.25) is 5.02 Å². The van der Waals surface area contributed by atoms with Crippen molar-refractivity contribution in [2.45, 2.75) is 18.7 Å². The van der Waals surface area contributed by atoms with Crippen LogP contribution in [-0.2, 0) is 10.0 Å². The molecule has 0 aliphatic rings. The number of nitrogens with zero attached hydrogens (tertiary/aromatic N) is 1. The van der Waals surface area contributed by atoms with Gasteiger partial charge in [0.25, 0.3) is 10.0 Å². The number of benzene rings is 2. The molecular formula is C18H17ClN2O4S. The molecule has 2 aromatic carbocycles. The van der Waals surface area contributed by atoms with Crippen LogP contribution in [0.25, 0.3) is 11.3 Å². The summed E-state index contributed by atoms with van der Waals surface area (Å²) in [5.74, 6) is 1.20. The van der Waals surface area contributed by atoms with Gasteiger partial charge in [0, 0.05) is 17.5 Å². The molecule has 0 amide bonds. The quantitative estimate of drug-likeness (QED) is 0.695. The first-order valence-corrected chi connectivity index (χ1v) is 9.56. The Morgan fingerprint density at radius 2 is 1.92 bits per heavy atom. The fourth-order valence-electron chi connectivity index (χ4n) is 2.48. The van der Waals surface area contributed by atoms with Crippen LogP contribution in [0.1, 0.15) is 11.5 Å². The molecule has 3 rings (SSSR count). The Morgan fingerprint density at radius 1 is 1.15 bits per heavy atom. The van der Waals surface area contributed by atoms with E-state index >= 15 is 0 Å². The van der Waals surface area contributed by atoms with Gasteiger partial charge >= 0.3 is 0 Å². The number of nitrogens with one attached hydrogen (secondary N) is 1. The van der Waals surface area contributed by atoms with Crippen LogP contribution in [0.3, 0.4) is 0 Å². The molecule has 0 saturated carbocycles. The fraction of sp³-hybridized carbons (Fsp3) is 0.167. The summed E-state index contributed by atoms with van der Waals surface area (Å²) in [4.78, 5) is 4.04. The highest BCUT2D eigenvalue weighted by atomic mass is 35.5. The van der Waals surface area contributed by atoms with Crippen molar-refractivity contribution in [3.05, 3.63) is 59.1 Å². The lowest BCUT2D eigenvalue weighted by Crippen LogP contribution is -2.15. The van der Waals surface area contributed by atoms with Crippen LogP contribution in [0.15, 0.2) is 51.9 Å². The van der Waals surface area contributed by atoms with E-state index in [1.165, 1.54) is 13.2 Å². The predicted octanol–water partition coefficient (Wildman–Crippen LogP) is 4.42. The van der Waals surface area contributed by atoms with Crippen LogP contribution in [0.5, 0.6) is 5.75 Å². The molecule has 136 valence electrons. The summed E-state index contributed by atoms with van der Waals surface area (Å²) in [7, 11) is -2.48. The number of hydrogen-bond acceptors (Lipinski definition) is 5. The molecule has 1 heterocycles. The molecule has 3 aromatic rings. The van der Waals surface area contributed by atoms with Gasteiger partial charge in [-0.25, -0.2) is 13.4 Å². The molecule has 6 nitrogen and oxygen atoms in total. The number of hydrogen-bond donors (Lipinski definition) is 1. The van der Waals surface area contributed by atoms with E-state index < -0.39 is 10.0 Å². The lowest BCUT2D eigenvalue weighted by Gasteiger charge is -2.14. The van der Waals surface area contributed by atoms with E-state index in [2.05, 4.69) is 9.71 Å². The number of oxazole rings is 1. The van der Waals surface area contributed by atoms with Crippen molar-refractivity contribution in [3.8, 4) is 17.1 Å². The highest BCUT2D eigenvalue weighted by Gasteiger charge is 2.22. The third-order valence-electron chi connectivity index (χ3n) is 3.79. The third kappa shape index (κ3) is 3.68. The van der Waals surface area contributed by atoms with E-state index in [1.54, 1.807) is 50.4 Å². The molecule has 0 atom stereocenters. The van der Waals surface area contributed by atoms with E-state index in [-0.39, 0.29) is 10.6 Å². The normalized spacial score (nSPS) is 11.4. The molecule has 0 fully saturated rings. The Kier molecular flexibility index (Phi) is 4.93. The Bertz CT molecular complexity index is 1060. The topological polar surface area (TPSA) is 81.4 Å². The number of methoxy groups -OCH3 is 1. The van der Waals surface area contributed by atoms with E-state index in [4.69, 9.17) is 20.8 Å². The number of sulfonamides is 1. The zero-order valence-corrected chi connectivity index (χ0v) is 16.0. The summed E-state index contributed by atoms with van der Waals surface area (Å²) >= 11 is 5.93. The van der Waals surface area contributed by atoms with Crippen molar-refractivity contribution in [3.63, 3.8) is 0 Å². The largest absolute Gasteiger partial charge is 0.495 e. The van der Waals surface area contributed by atoms with Gasteiger partial charge in [0.1, 0.15) is 10.6 Å². The van der Waals surface area contributed by atoms with Crippen molar-refractivity contribution < 1.29 is 17.6 Å². The molecule has 0 bridgehead atoms. The highest BCUT2D eigenvalue weighted by molar-refractivity contribution is 7.92. The van der Waals surface area contributed by atoms with Crippen LogP contribution < -0.4 is 9.46 Å². The molecule has 0 aliphatic heterocycles. The molecule has 26 heavy (non-hydrogen) atoms. The summed E-state index contributed by atoms with van der Waals surface area (Å²) in [6.07, 6.45) is 1.55. The summed E-state index contributed by atoms with van der Waals surface area (Å²) in [6.45, 7) is 3.49. The van der Waals surface area contributed by atoms with Gasteiger partial charge in [0.05, 0.1) is 19.0 Å². The first-order chi connectivity index (χ1) is 12.3. The molecule has 0 spiro atoms. The van der Waals surface area contributed by atoms with E-state index in [1.807, 2.05) is 0 Å². The Hall–Kier alpha value is -2.51. The predicted molar refractivity (Wildman–Crippen MR) is 100 cm³/mol. The second-order valence-electron chi connectivity index (χ2n) is 5.67. The minimum absolute atomic E-state index is 0.000836. The van der Waals surface area contributed by atoms with Crippen LogP contribution in [0.4, 0.5) is 5.69 Å². The van der Waals surface area contributed by atoms with Gasteiger partial charge in [0.15, 0.2) is 11.7 Å². The van der Waals surface area contributed by atoms with Gasteiger partial charge in [-0.15, -0.1) is 0 Å². The van der Waals surface area contributed by atoms with E-state index in [0.29, 0.717) is 33.5 Å². The zero-order chi connectivity index (χ0) is 18.9. The second-order valence-corrected chi connectivity index (χ2v) is 7.76. The molecule has 0 radical (unpaired) electrons.